The second-order valence-electron chi connectivity index (χ2n) is 5.08. The molecule has 3 nitrogen and oxygen atoms in total. The van der Waals surface area contributed by atoms with Crippen molar-refractivity contribution in [2.45, 2.75) is 12.6 Å². The third kappa shape index (κ3) is 4.57. The number of aliphatic hydroxyl groups excluding tert-OH is 1. The van der Waals surface area contributed by atoms with Gasteiger partial charge in [0.2, 0.25) is 0 Å². The summed E-state index contributed by atoms with van der Waals surface area (Å²) in [5.74, 6) is 0. The van der Waals surface area contributed by atoms with Gasteiger partial charge in [0, 0.05) is 18.1 Å². The van der Waals surface area contributed by atoms with Crippen molar-refractivity contribution in [3.63, 3.8) is 0 Å². The molecule has 1 N–H and O–H groups in total. The Morgan fingerprint density at radius 3 is 2.57 bits per heavy atom. The average Bonchev–Trinajstić information content (AvgIpc) is 2.47. The number of nitrogens with zero attached hydrogens (tertiary/aromatic N) is 2. The smallest absolute Gasteiger partial charge is 0.0991 e. The number of rotatable bonds is 5. The van der Waals surface area contributed by atoms with E-state index in [2.05, 4.69) is 6.07 Å². The lowest BCUT2D eigenvalue weighted by atomic mass is 10.1. The minimum absolute atomic E-state index is 0.512. The molecule has 0 spiro atoms. The maximum absolute atomic E-state index is 10.2. The summed E-state index contributed by atoms with van der Waals surface area (Å²) in [7, 11) is 1.95. The molecule has 1 unspecified atom stereocenters. The van der Waals surface area contributed by atoms with Crippen LogP contribution in [0.4, 0.5) is 0 Å². The Morgan fingerprint density at radius 1 is 1.24 bits per heavy atom. The maximum atomic E-state index is 10.2. The van der Waals surface area contributed by atoms with Gasteiger partial charge in [0.05, 0.1) is 17.7 Å². The summed E-state index contributed by atoms with van der Waals surface area (Å²) >= 11 is 5.96. The van der Waals surface area contributed by atoms with Gasteiger partial charge >= 0.3 is 0 Å². The van der Waals surface area contributed by atoms with Crippen molar-refractivity contribution in [2.24, 2.45) is 0 Å². The van der Waals surface area contributed by atoms with Gasteiger partial charge in [-0.25, -0.2) is 0 Å². The van der Waals surface area contributed by atoms with Crippen molar-refractivity contribution in [3.8, 4) is 6.07 Å². The van der Waals surface area contributed by atoms with Crippen LogP contribution in [0, 0.1) is 11.3 Å². The number of halogens is 1. The van der Waals surface area contributed by atoms with Gasteiger partial charge in [0.25, 0.3) is 0 Å². The molecular formula is C17H17ClN2O. The molecule has 108 valence electrons. The van der Waals surface area contributed by atoms with E-state index < -0.39 is 6.10 Å². The first-order chi connectivity index (χ1) is 10.1. The highest BCUT2D eigenvalue weighted by atomic mass is 35.5. The Labute approximate surface area is 130 Å². The Balaban J connectivity index is 1.95. The molecule has 2 aromatic carbocycles. The lowest BCUT2D eigenvalue weighted by Gasteiger charge is -2.21. The molecule has 1 atom stereocenters. The van der Waals surface area contributed by atoms with E-state index in [0.29, 0.717) is 23.7 Å². The summed E-state index contributed by atoms with van der Waals surface area (Å²) in [6.45, 7) is 1.23. The quantitative estimate of drug-likeness (QED) is 0.921. The van der Waals surface area contributed by atoms with Crippen LogP contribution in [-0.4, -0.2) is 23.6 Å². The summed E-state index contributed by atoms with van der Waals surface area (Å²) < 4.78 is 0. The van der Waals surface area contributed by atoms with Gasteiger partial charge in [-0.15, -0.1) is 0 Å². The predicted molar refractivity (Wildman–Crippen MR) is 83.9 cm³/mol. The van der Waals surface area contributed by atoms with Crippen molar-refractivity contribution in [1.29, 1.82) is 5.26 Å². The summed E-state index contributed by atoms with van der Waals surface area (Å²) in [5.41, 5.74) is 2.52. The monoisotopic (exact) mass is 300 g/mol. The van der Waals surface area contributed by atoms with Crippen LogP contribution >= 0.6 is 11.6 Å². The molecule has 2 rings (SSSR count). The van der Waals surface area contributed by atoms with Crippen molar-refractivity contribution < 1.29 is 5.11 Å². The van der Waals surface area contributed by atoms with Crippen LogP contribution in [0.5, 0.6) is 0 Å². The molecule has 0 bridgehead atoms. The summed E-state index contributed by atoms with van der Waals surface area (Å²) in [5, 5.41) is 19.7. The minimum Gasteiger partial charge on any atom is -0.387 e. The van der Waals surface area contributed by atoms with Gasteiger partial charge in [0.1, 0.15) is 0 Å². The molecular weight excluding hydrogens is 284 g/mol. The molecule has 0 saturated carbocycles. The lowest BCUT2D eigenvalue weighted by molar-refractivity contribution is 0.124. The maximum Gasteiger partial charge on any atom is 0.0991 e. The molecule has 0 aliphatic heterocycles. The lowest BCUT2D eigenvalue weighted by Crippen LogP contribution is -2.24. The van der Waals surface area contributed by atoms with E-state index in [0.717, 1.165) is 11.1 Å². The highest BCUT2D eigenvalue weighted by Gasteiger charge is 2.11. The number of benzene rings is 2. The van der Waals surface area contributed by atoms with Gasteiger partial charge in [-0.2, -0.15) is 5.26 Å². The van der Waals surface area contributed by atoms with Crippen molar-refractivity contribution in [1.82, 2.24) is 4.90 Å². The Kier molecular flexibility index (Phi) is 5.35. The number of aliphatic hydroxyl groups is 1. The number of nitriles is 1. The van der Waals surface area contributed by atoms with Crippen LogP contribution in [0.2, 0.25) is 5.02 Å². The second-order valence-corrected chi connectivity index (χ2v) is 5.51. The molecule has 0 saturated heterocycles. The summed E-state index contributed by atoms with van der Waals surface area (Å²) in [4.78, 5) is 2.04. The average molecular weight is 301 g/mol. The number of hydrogen-bond donors (Lipinski definition) is 1. The second kappa shape index (κ2) is 7.24. The van der Waals surface area contributed by atoms with Crippen molar-refractivity contribution in [2.75, 3.05) is 13.6 Å². The molecule has 0 aromatic heterocycles. The zero-order valence-electron chi connectivity index (χ0n) is 11.8. The largest absolute Gasteiger partial charge is 0.387 e. The van der Waals surface area contributed by atoms with E-state index in [9.17, 15) is 5.11 Å². The molecule has 0 radical (unpaired) electrons. The third-order valence-corrected chi connectivity index (χ3v) is 3.49. The number of likely N-dealkylation sites (N-methyl/N-ethyl adjacent to an activating group) is 1. The molecule has 0 aliphatic carbocycles. The predicted octanol–water partition coefficient (Wildman–Crippen LogP) is 3.38. The fourth-order valence-electron chi connectivity index (χ4n) is 2.19. The fourth-order valence-corrected chi connectivity index (χ4v) is 2.40. The SMILES string of the molecule is CN(Cc1cccc(Cl)c1)CC(O)c1ccc(C#N)cc1. The van der Waals surface area contributed by atoms with E-state index in [1.54, 1.807) is 24.3 Å². The van der Waals surface area contributed by atoms with Crippen LogP contribution in [-0.2, 0) is 6.54 Å². The van der Waals surface area contributed by atoms with Crippen molar-refractivity contribution >= 4 is 11.6 Å². The van der Waals surface area contributed by atoms with Crippen LogP contribution < -0.4 is 0 Å². The van der Waals surface area contributed by atoms with Crippen LogP contribution in [0.3, 0.4) is 0 Å². The van der Waals surface area contributed by atoms with E-state index in [1.165, 1.54) is 0 Å². The molecule has 0 heterocycles. The highest BCUT2D eigenvalue weighted by molar-refractivity contribution is 6.30. The first kappa shape index (κ1) is 15.5. The van der Waals surface area contributed by atoms with Gasteiger partial charge in [0.15, 0.2) is 0 Å². The van der Waals surface area contributed by atoms with E-state index >= 15 is 0 Å². The van der Waals surface area contributed by atoms with Crippen LogP contribution in [0.1, 0.15) is 22.8 Å². The molecule has 4 heteroatoms. The first-order valence-electron chi connectivity index (χ1n) is 6.69. The number of hydrogen-bond acceptors (Lipinski definition) is 3. The van der Waals surface area contributed by atoms with Gasteiger partial charge < -0.3 is 5.11 Å². The minimum atomic E-state index is -0.582. The molecule has 21 heavy (non-hydrogen) atoms. The highest BCUT2D eigenvalue weighted by Crippen LogP contribution is 2.17. The van der Waals surface area contributed by atoms with E-state index in [4.69, 9.17) is 16.9 Å². The zero-order chi connectivity index (χ0) is 15.2. The fraction of sp³-hybridized carbons (Fsp3) is 0.235. The Morgan fingerprint density at radius 2 is 1.95 bits per heavy atom. The van der Waals surface area contributed by atoms with Crippen LogP contribution in [0.25, 0.3) is 0 Å². The van der Waals surface area contributed by atoms with Gasteiger partial charge in [-0.3, -0.25) is 4.90 Å². The van der Waals surface area contributed by atoms with Gasteiger partial charge in [-0.1, -0.05) is 35.9 Å². The first-order valence-corrected chi connectivity index (χ1v) is 7.07. The summed E-state index contributed by atoms with van der Waals surface area (Å²) in [6, 6.07) is 16.8. The zero-order valence-corrected chi connectivity index (χ0v) is 12.6. The van der Waals surface area contributed by atoms with E-state index in [1.807, 2.05) is 36.2 Å². The standard InChI is InChI=1S/C17H17ClN2O/c1-20(11-14-3-2-4-16(18)9-14)12-17(21)15-7-5-13(10-19)6-8-15/h2-9,17,21H,11-12H2,1H3. The Bertz CT molecular complexity index is 634. The molecule has 0 aliphatic rings. The topological polar surface area (TPSA) is 47.3 Å². The normalized spacial score (nSPS) is 12.1. The molecule has 2 aromatic rings. The third-order valence-electron chi connectivity index (χ3n) is 3.25. The van der Waals surface area contributed by atoms with Gasteiger partial charge in [-0.05, 0) is 42.4 Å². The van der Waals surface area contributed by atoms with Crippen molar-refractivity contribution in [3.05, 3.63) is 70.2 Å². The van der Waals surface area contributed by atoms with Crippen LogP contribution in [0.15, 0.2) is 48.5 Å². The molecule has 0 fully saturated rings. The molecule has 0 amide bonds. The van der Waals surface area contributed by atoms with E-state index in [-0.39, 0.29) is 0 Å². The Hall–Kier alpha value is -1.86. The summed E-state index contributed by atoms with van der Waals surface area (Å²) in [6.07, 6.45) is -0.582.